The summed E-state index contributed by atoms with van der Waals surface area (Å²) in [5.74, 6) is 0.641. The number of halogens is 1. The minimum absolute atomic E-state index is 0.177. The van der Waals surface area contributed by atoms with Crippen LogP contribution in [0.4, 0.5) is 4.39 Å². The molecular formula is C17H20FNO2. The van der Waals surface area contributed by atoms with Crippen LogP contribution in [-0.4, -0.2) is 35.1 Å². The molecule has 1 amide bonds. The van der Waals surface area contributed by atoms with Gasteiger partial charge in [-0.2, -0.15) is 0 Å². The molecule has 2 aliphatic carbocycles. The Morgan fingerprint density at radius 3 is 2.52 bits per heavy atom. The standard InChI is InChI=1S/C17H20FNO2/c18-13-4-2-12(3-5-13)17(7-8-17)16(21)19-9-11-1-6-15(20)14(11)10-19/h2-5,11,14-15,20H,1,6-10H2. The lowest BCUT2D eigenvalue weighted by Gasteiger charge is -2.24. The Balaban J connectivity index is 1.54. The Morgan fingerprint density at radius 1 is 1.19 bits per heavy atom. The van der Waals surface area contributed by atoms with Crippen LogP contribution in [0.5, 0.6) is 0 Å². The van der Waals surface area contributed by atoms with E-state index >= 15 is 0 Å². The van der Waals surface area contributed by atoms with Gasteiger partial charge in [0.25, 0.3) is 0 Å². The first-order valence-corrected chi connectivity index (χ1v) is 7.84. The number of nitrogens with zero attached hydrogens (tertiary/aromatic N) is 1. The lowest BCUT2D eigenvalue weighted by Crippen LogP contribution is -2.39. The molecule has 3 aliphatic rings. The van der Waals surface area contributed by atoms with Crippen LogP contribution in [0.3, 0.4) is 0 Å². The van der Waals surface area contributed by atoms with Gasteiger partial charge in [0.05, 0.1) is 11.5 Å². The first-order chi connectivity index (χ1) is 10.1. The van der Waals surface area contributed by atoms with Crippen LogP contribution in [0.2, 0.25) is 0 Å². The van der Waals surface area contributed by atoms with Gasteiger partial charge in [0, 0.05) is 19.0 Å². The summed E-state index contributed by atoms with van der Waals surface area (Å²) < 4.78 is 13.1. The zero-order valence-corrected chi connectivity index (χ0v) is 12.0. The minimum Gasteiger partial charge on any atom is -0.393 e. The average molecular weight is 289 g/mol. The fourth-order valence-electron chi connectivity index (χ4n) is 4.23. The van der Waals surface area contributed by atoms with Crippen molar-refractivity contribution in [1.29, 1.82) is 0 Å². The molecule has 3 atom stereocenters. The van der Waals surface area contributed by atoms with Crippen LogP contribution in [0.1, 0.15) is 31.2 Å². The van der Waals surface area contributed by atoms with Crippen molar-refractivity contribution in [2.24, 2.45) is 11.8 Å². The highest BCUT2D eigenvalue weighted by Gasteiger charge is 2.55. The summed E-state index contributed by atoms with van der Waals surface area (Å²) in [6.07, 6.45) is 3.37. The van der Waals surface area contributed by atoms with Gasteiger partial charge in [0.1, 0.15) is 5.82 Å². The van der Waals surface area contributed by atoms with Gasteiger partial charge in [-0.05, 0) is 49.3 Å². The van der Waals surface area contributed by atoms with Crippen LogP contribution in [0.15, 0.2) is 24.3 Å². The second-order valence-electron chi connectivity index (χ2n) is 6.87. The Bertz CT molecular complexity index is 567. The monoisotopic (exact) mass is 289 g/mol. The van der Waals surface area contributed by atoms with Gasteiger partial charge in [-0.1, -0.05) is 12.1 Å². The summed E-state index contributed by atoms with van der Waals surface area (Å²) >= 11 is 0. The van der Waals surface area contributed by atoms with Crippen molar-refractivity contribution in [3.8, 4) is 0 Å². The zero-order valence-electron chi connectivity index (χ0n) is 12.0. The van der Waals surface area contributed by atoms with Crippen LogP contribution in [0.25, 0.3) is 0 Å². The van der Waals surface area contributed by atoms with E-state index in [2.05, 4.69) is 0 Å². The van der Waals surface area contributed by atoms with Gasteiger partial charge in [-0.25, -0.2) is 4.39 Å². The molecule has 1 heterocycles. The Labute approximate surface area is 123 Å². The number of fused-ring (bicyclic) bond motifs is 1. The van der Waals surface area contributed by atoms with Gasteiger partial charge in [0.2, 0.25) is 5.91 Å². The predicted octanol–water partition coefficient (Wildman–Crippen LogP) is 2.09. The number of hydrogen-bond acceptors (Lipinski definition) is 2. The third kappa shape index (κ3) is 2.00. The number of benzene rings is 1. The lowest BCUT2D eigenvalue weighted by atomic mass is 9.94. The topological polar surface area (TPSA) is 40.5 Å². The molecule has 0 radical (unpaired) electrons. The van der Waals surface area contributed by atoms with E-state index in [1.165, 1.54) is 12.1 Å². The summed E-state index contributed by atoms with van der Waals surface area (Å²) in [7, 11) is 0. The first-order valence-electron chi connectivity index (χ1n) is 7.84. The number of aliphatic hydroxyl groups is 1. The van der Waals surface area contributed by atoms with Gasteiger partial charge < -0.3 is 10.0 Å². The van der Waals surface area contributed by atoms with E-state index in [1.54, 1.807) is 12.1 Å². The molecule has 1 N–H and O–H groups in total. The summed E-state index contributed by atoms with van der Waals surface area (Å²) in [6.45, 7) is 1.47. The average Bonchev–Trinajstić information content (AvgIpc) is 3.06. The first kappa shape index (κ1) is 13.3. The molecule has 3 nitrogen and oxygen atoms in total. The molecule has 1 saturated heterocycles. The van der Waals surface area contributed by atoms with E-state index in [9.17, 15) is 14.3 Å². The van der Waals surface area contributed by atoms with Crippen molar-refractivity contribution in [3.05, 3.63) is 35.6 Å². The van der Waals surface area contributed by atoms with Crippen molar-refractivity contribution in [1.82, 2.24) is 4.90 Å². The van der Waals surface area contributed by atoms with E-state index in [-0.39, 0.29) is 23.7 Å². The molecule has 3 unspecified atom stereocenters. The normalized spacial score (nSPS) is 33.0. The van der Waals surface area contributed by atoms with Gasteiger partial charge in [-0.3, -0.25) is 4.79 Å². The third-order valence-electron chi connectivity index (χ3n) is 5.66. The third-order valence-corrected chi connectivity index (χ3v) is 5.66. The maximum absolute atomic E-state index is 13.1. The molecule has 112 valence electrons. The van der Waals surface area contributed by atoms with Crippen LogP contribution in [-0.2, 0) is 10.2 Å². The maximum Gasteiger partial charge on any atom is 0.233 e. The van der Waals surface area contributed by atoms with E-state index < -0.39 is 5.41 Å². The smallest absolute Gasteiger partial charge is 0.233 e. The molecular weight excluding hydrogens is 269 g/mol. The number of carbonyl (C=O) groups excluding carboxylic acids is 1. The van der Waals surface area contributed by atoms with Crippen LogP contribution < -0.4 is 0 Å². The lowest BCUT2D eigenvalue weighted by molar-refractivity contribution is -0.133. The number of carbonyl (C=O) groups is 1. The Hall–Kier alpha value is -1.42. The molecule has 4 heteroatoms. The number of aliphatic hydroxyl groups excluding tert-OH is 1. The van der Waals surface area contributed by atoms with E-state index in [4.69, 9.17) is 0 Å². The van der Waals surface area contributed by atoms with E-state index in [0.29, 0.717) is 12.5 Å². The Morgan fingerprint density at radius 2 is 1.90 bits per heavy atom. The molecule has 21 heavy (non-hydrogen) atoms. The summed E-state index contributed by atoms with van der Waals surface area (Å²) in [4.78, 5) is 14.8. The molecule has 1 aromatic carbocycles. The van der Waals surface area contributed by atoms with E-state index in [1.807, 2.05) is 4.90 Å². The van der Waals surface area contributed by atoms with Crippen molar-refractivity contribution >= 4 is 5.91 Å². The van der Waals surface area contributed by atoms with Crippen molar-refractivity contribution in [2.75, 3.05) is 13.1 Å². The Kier molecular flexibility index (Phi) is 2.86. The zero-order chi connectivity index (χ0) is 14.6. The summed E-state index contributed by atoms with van der Waals surface area (Å²) in [6, 6.07) is 6.36. The number of likely N-dealkylation sites (tertiary alicyclic amines) is 1. The molecule has 4 rings (SSSR count). The minimum atomic E-state index is -0.419. The molecule has 0 spiro atoms. The van der Waals surface area contributed by atoms with Gasteiger partial charge in [-0.15, -0.1) is 0 Å². The highest BCUT2D eigenvalue weighted by molar-refractivity contribution is 5.91. The fourth-order valence-corrected chi connectivity index (χ4v) is 4.23. The number of hydrogen-bond donors (Lipinski definition) is 1. The van der Waals surface area contributed by atoms with Crippen molar-refractivity contribution < 1.29 is 14.3 Å². The molecule has 0 bridgehead atoms. The number of rotatable bonds is 2. The quantitative estimate of drug-likeness (QED) is 0.905. The second kappa shape index (κ2) is 4.54. The van der Waals surface area contributed by atoms with Gasteiger partial charge in [0.15, 0.2) is 0 Å². The van der Waals surface area contributed by atoms with Crippen LogP contribution >= 0.6 is 0 Å². The van der Waals surface area contributed by atoms with E-state index in [0.717, 1.165) is 37.8 Å². The maximum atomic E-state index is 13.1. The van der Waals surface area contributed by atoms with Crippen molar-refractivity contribution in [2.45, 2.75) is 37.2 Å². The molecule has 0 aromatic heterocycles. The SMILES string of the molecule is O=C(N1CC2CCC(O)C2C1)C1(c2ccc(F)cc2)CC1. The largest absolute Gasteiger partial charge is 0.393 e. The molecule has 1 aliphatic heterocycles. The highest BCUT2D eigenvalue weighted by atomic mass is 19.1. The van der Waals surface area contributed by atoms with Gasteiger partial charge >= 0.3 is 0 Å². The molecule has 2 saturated carbocycles. The fraction of sp³-hybridized carbons (Fsp3) is 0.588. The molecule has 1 aromatic rings. The summed E-state index contributed by atoms with van der Waals surface area (Å²) in [5, 5.41) is 9.99. The van der Waals surface area contributed by atoms with Crippen molar-refractivity contribution in [3.63, 3.8) is 0 Å². The summed E-state index contributed by atoms with van der Waals surface area (Å²) in [5.41, 5.74) is 0.517. The second-order valence-corrected chi connectivity index (χ2v) is 6.87. The molecule has 3 fully saturated rings. The highest BCUT2D eigenvalue weighted by Crippen LogP contribution is 2.51. The predicted molar refractivity (Wildman–Crippen MR) is 76.1 cm³/mol. The number of amides is 1. The van der Waals surface area contributed by atoms with Crippen LogP contribution in [0, 0.1) is 17.7 Å².